The van der Waals surface area contributed by atoms with E-state index >= 15 is 0 Å². The molecule has 3 rings (SSSR count). The van der Waals surface area contributed by atoms with E-state index in [-0.39, 0.29) is 18.2 Å². The molecule has 2 aromatic heterocycles. The van der Waals surface area contributed by atoms with Crippen LogP contribution in [0, 0.1) is 0 Å². The van der Waals surface area contributed by atoms with Gasteiger partial charge in [-0.2, -0.15) is 9.61 Å². The average Bonchev–Trinajstić information content (AvgIpc) is 2.98. The van der Waals surface area contributed by atoms with Crippen LogP contribution < -0.4 is 4.90 Å². The summed E-state index contributed by atoms with van der Waals surface area (Å²) in [5.41, 5.74) is 0.173. The Hall–Kier alpha value is -1.54. The van der Waals surface area contributed by atoms with E-state index in [1.165, 1.54) is 0 Å². The summed E-state index contributed by atoms with van der Waals surface area (Å²) in [6.07, 6.45) is 1.45. The van der Waals surface area contributed by atoms with Gasteiger partial charge in [0, 0.05) is 31.3 Å². The van der Waals surface area contributed by atoms with Gasteiger partial charge in [0.1, 0.15) is 21.2 Å². The van der Waals surface area contributed by atoms with Gasteiger partial charge in [-0.15, -0.1) is 0 Å². The minimum atomic E-state index is -0.514. The monoisotopic (exact) mass is 471 g/mol. The van der Waals surface area contributed by atoms with Crippen molar-refractivity contribution in [3.8, 4) is 0 Å². The zero-order chi connectivity index (χ0) is 20.6. The largest absolute Gasteiger partial charge is 0.444 e. The van der Waals surface area contributed by atoms with Crippen molar-refractivity contribution in [3.05, 3.63) is 21.9 Å². The Bertz CT molecular complexity index is 866. The molecule has 0 N–H and O–H groups in total. The normalized spacial score (nSPS) is 20.7. The van der Waals surface area contributed by atoms with Crippen LogP contribution in [0.4, 0.5) is 10.6 Å². The van der Waals surface area contributed by atoms with Crippen LogP contribution in [0.3, 0.4) is 0 Å². The Balaban J connectivity index is 1.95. The highest BCUT2D eigenvalue weighted by Crippen LogP contribution is 2.30. The van der Waals surface area contributed by atoms with Crippen molar-refractivity contribution in [1.29, 1.82) is 0 Å². The Morgan fingerprint density at radius 3 is 2.54 bits per heavy atom. The van der Waals surface area contributed by atoms with Crippen LogP contribution in [0.2, 0.25) is 5.15 Å². The molecule has 0 bridgehead atoms. The lowest BCUT2D eigenvalue weighted by molar-refractivity contribution is 0.00979. The molecule has 1 amide bonds. The van der Waals surface area contributed by atoms with Gasteiger partial charge in [-0.05, 0) is 49.5 Å². The van der Waals surface area contributed by atoms with Crippen LogP contribution >= 0.6 is 27.5 Å². The summed E-state index contributed by atoms with van der Waals surface area (Å²) in [6, 6.07) is 3.84. The van der Waals surface area contributed by atoms with E-state index in [1.54, 1.807) is 4.52 Å². The Morgan fingerprint density at radius 1 is 1.25 bits per heavy atom. The predicted molar refractivity (Wildman–Crippen MR) is 114 cm³/mol. The van der Waals surface area contributed by atoms with Crippen LogP contribution in [0.15, 0.2) is 16.7 Å². The number of nitrogens with zero attached hydrogens (tertiary/aromatic N) is 5. The van der Waals surface area contributed by atoms with Gasteiger partial charge >= 0.3 is 6.09 Å². The maximum absolute atomic E-state index is 12.8. The molecule has 0 unspecified atom stereocenters. The van der Waals surface area contributed by atoms with Crippen LogP contribution in [-0.4, -0.2) is 56.4 Å². The summed E-state index contributed by atoms with van der Waals surface area (Å²) in [6.45, 7) is 11.2. The maximum atomic E-state index is 12.8. The molecule has 2 aromatic rings. The molecule has 1 aliphatic heterocycles. The van der Waals surface area contributed by atoms with Crippen molar-refractivity contribution in [2.75, 3.05) is 18.0 Å². The van der Waals surface area contributed by atoms with Gasteiger partial charge in [-0.25, -0.2) is 9.78 Å². The summed E-state index contributed by atoms with van der Waals surface area (Å²) in [4.78, 5) is 21.3. The highest BCUT2D eigenvalue weighted by atomic mass is 79.9. The molecule has 0 spiro atoms. The zero-order valence-electron chi connectivity index (χ0n) is 16.9. The number of amides is 1. The first-order valence-corrected chi connectivity index (χ1v) is 10.8. The number of ether oxygens (including phenoxy) is 1. The molecule has 9 heteroatoms. The number of piperazine rings is 1. The number of carbonyl (C=O) groups is 1. The van der Waals surface area contributed by atoms with E-state index in [4.69, 9.17) is 16.3 Å². The number of hydrogen-bond acceptors (Lipinski definition) is 5. The van der Waals surface area contributed by atoms with E-state index in [9.17, 15) is 4.79 Å². The number of carbonyl (C=O) groups excluding carboxylic acids is 1. The lowest BCUT2D eigenvalue weighted by Crippen LogP contribution is -2.60. The lowest BCUT2D eigenvalue weighted by Gasteiger charge is -2.47. The van der Waals surface area contributed by atoms with Gasteiger partial charge in [0.05, 0.1) is 6.04 Å². The van der Waals surface area contributed by atoms with Crippen molar-refractivity contribution in [2.45, 2.75) is 65.1 Å². The zero-order valence-corrected chi connectivity index (χ0v) is 19.3. The first-order chi connectivity index (χ1) is 13.1. The summed E-state index contributed by atoms with van der Waals surface area (Å²) in [5, 5.41) is 4.94. The van der Waals surface area contributed by atoms with Crippen LogP contribution in [0.5, 0.6) is 0 Å². The molecule has 0 saturated carbocycles. The average molecular weight is 473 g/mol. The smallest absolute Gasteiger partial charge is 0.410 e. The molecular weight excluding hydrogens is 446 g/mol. The van der Waals surface area contributed by atoms with Gasteiger partial charge in [0.25, 0.3) is 0 Å². The number of rotatable bonds is 3. The topological polar surface area (TPSA) is 63.0 Å². The second-order valence-corrected chi connectivity index (χ2v) is 9.28. The lowest BCUT2D eigenvalue weighted by atomic mass is 10.0. The molecule has 28 heavy (non-hydrogen) atoms. The van der Waals surface area contributed by atoms with E-state index < -0.39 is 5.60 Å². The highest BCUT2D eigenvalue weighted by molar-refractivity contribution is 9.10. The minimum absolute atomic E-state index is 0.0404. The van der Waals surface area contributed by atoms with Crippen molar-refractivity contribution in [3.63, 3.8) is 0 Å². The number of anilines is 1. The van der Waals surface area contributed by atoms with Crippen molar-refractivity contribution >= 4 is 45.1 Å². The van der Waals surface area contributed by atoms with Crippen molar-refractivity contribution < 1.29 is 9.53 Å². The fourth-order valence-corrected chi connectivity index (χ4v) is 4.13. The third-order valence-corrected chi connectivity index (χ3v) is 5.49. The van der Waals surface area contributed by atoms with E-state index in [0.717, 1.165) is 18.7 Å². The third kappa shape index (κ3) is 4.38. The molecule has 3 heterocycles. The molecule has 7 nitrogen and oxygen atoms in total. The van der Waals surface area contributed by atoms with Crippen LogP contribution in [-0.2, 0) is 4.74 Å². The van der Waals surface area contributed by atoms with E-state index in [0.29, 0.717) is 28.5 Å². The fourth-order valence-electron chi connectivity index (χ4n) is 3.58. The molecule has 1 fully saturated rings. The third-order valence-electron chi connectivity index (χ3n) is 4.91. The van der Waals surface area contributed by atoms with Gasteiger partial charge < -0.3 is 14.5 Å². The first-order valence-electron chi connectivity index (χ1n) is 9.61. The molecule has 1 saturated heterocycles. The van der Waals surface area contributed by atoms with Crippen LogP contribution in [0.1, 0.15) is 47.5 Å². The van der Waals surface area contributed by atoms with Gasteiger partial charge in [-0.3, -0.25) is 0 Å². The Morgan fingerprint density at radius 2 is 1.93 bits per heavy atom. The second kappa shape index (κ2) is 8.06. The predicted octanol–water partition coefficient (Wildman–Crippen LogP) is 4.76. The van der Waals surface area contributed by atoms with Crippen LogP contribution in [0.25, 0.3) is 5.65 Å². The standard InChI is InChI=1S/C19H27BrClN5O2/c1-6-12-11-25(18(27)28-19(3,4)5)13(7-2)10-24(12)17-9-15(21)22-16-8-14(20)23-26(16)17/h8-9,12-13H,6-7,10-11H2,1-5H3/t12-,13+/m0/s1. The summed E-state index contributed by atoms with van der Waals surface area (Å²) in [7, 11) is 0. The summed E-state index contributed by atoms with van der Waals surface area (Å²) < 4.78 is 8.15. The fraction of sp³-hybridized carbons (Fsp3) is 0.632. The minimum Gasteiger partial charge on any atom is -0.444 e. The van der Waals surface area contributed by atoms with Crippen molar-refractivity contribution in [1.82, 2.24) is 19.5 Å². The highest BCUT2D eigenvalue weighted by Gasteiger charge is 2.38. The molecule has 0 radical (unpaired) electrons. The van der Waals surface area contributed by atoms with Gasteiger partial charge in [0.2, 0.25) is 0 Å². The SMILES string of the molecule is CC[C@@H]1CN(c2cc(Cl)nc3cc(Br)nn23)[C@@H](CC)CN1C(=O)OC(C)(C)C. The second-order valence-electron chi connectivity index (χ2n) is 8.08. The molecule has 154 valence electrons. The quantitative estimate of drug-likeness (QED) is 0.603. The maximum Gasteiger partial charge on any atom is 0.410 e. The molecule has 2 atom stereocenters. The van der Waals surface area contributed by atoms with E-state index in [1.807, 2.05) is 37.8 Å². The molecule has 0 aliphatic carbocycles. The molecule has 0 aromatic carbocycles. The van der Waals surface area contributed by atoms with Gasteiger partial charge in [0.15, 0.2) is 5.65 Å². The Kier molecular flexibility index (Phi) is 6.10. The van der Waals surface area contributed by atoms with Gasteiger partial charge in [-0.1, -0.05) is 25.4 Å². The Labute approximate surface area is 179 Å². The first kappa shape index (κ1) is 21.2. The molecular formula is C19H27BrClN5O2. The number of fused-ring (bicyclic) bond motifs is 1. The summed E-state index contributed by atoms with van der Waals surface area (Å²) >= 11 is 9.71. The number of hydrogen-bond donors (Lipinski definition) is 0. The number of aromatic nitrogens is 3. The molecule has 1 aliphatic rings. The number of halogens is 2. The summed E-state index contributed by atoms with van der Waals surface area (Å²) in [5.74, 6) is 0.884. The van der Waals surface area contributed by atoms with E-state index in [2.05, 4.69) is 44.8 Å². The van der Waals surface area contributed by atoms with Crippen molar-refractivity contribution in [2.24, 2.45) is 0 Å².